The Kier molecular flexibility index (Phi) is 5.66. The number of nitrogens with two attached hydrogens (primary N) is 1. The van der Waals surface area contributed by atoms with Crippen LogP contribution in [0.15, 0.2) is 17.0 Å². The van der Waals surface area contributed by atoms with E-state index in [1.54, 1.807) is 0 Å². The lowest BCUT2D eigenvalue weighted by Crippen LogP contribution is -2.26. The zero-order valence-corrected chi connectivity index (χ0v) is 12.1. The monoisotopic (exact) mass is 302 g/mol. The van der Waals surface area contributed by atoms with E-state index in [4.69, 9.17) is 12.2 Å². The molecule has 0 radical (unpaired) electrons. The summed E-state index contributed by atoms with van der Waals surface area (Å²) in [6.45, 7) is 1.72. The van der Waals surface area contributed by atoms with Crippen LogP contribution in [-0.2, 0) is 10.0 Å². The number of sulfonamides is 1. The smallest absolute Gasteiger partial charge is 0.240 e. The molecule has 0 bridgehead atoms. The Labute approximate surface area is 117 Å². The molecule has 0 amide bonds. The molecule has 3 N–H and O–H groups in total. The highest BCUT2D eigenvalue weighted by atomic mass is 32.2. The molecule has 1 aromatic rings. The molecular weight excluding hydrogens is 287 g/mol. The molecule has 1 rings (SSSR count). The largest absolute Gasteiger partial charge is 0.396 e. The first-order valence-electron chi connectivity index (χ1n) is 5.45. The maximum Gasteiger partial charge on any atom is 0.240 e. The molecule has 0 fully saturated rings. The van der Waals surface area contributed by atoms with Crippen LogP contribution in [0.3, 0.4) is 0 Å². The maximum absolute atomic E-state index is 13.3. The summed E-state index contributed by atoms with van der Waals surface area (Å²) in [6, 6.07) is 2.36. The van der Waals surface area contributed by atoms with Crippen molar-refractivity contribution < 1.29 is 12.8 Å². The Morgan fingerprint density at radius 1 is 1.53 bits per heavy atom. The minimum atomic E-state index is -3.67. The third-order valence-electron chi connectivity index (χ3n) is 2.29. The molecule has 0 unspecified atom stereocenters. The van der Waals surface area contributed by atoms with Crippen LogP contribution in [0, 0.1) is 25.1 Å². The van der Waals surface area contributed by atoms with Gasteiger partial charge in [-0.2, -0.15) is 0 Å². The Morgan fingerprint density at radius 3 is 2.79 bits per heavy atom. The highest BCUT2D eigenvalue weighted by Gasteiger charge is 2.16. The molecular formula is C12H15FN2O2S2. The first kappa shape index (κ1) is 15.8. The van der Waals surface area contributed by atoms with Crippen molar-refractivity contribution in [3.05, 3.63) is 23.5 Å². The molecule has 0 atom stereocenters. The summed E-state index contributed by atoms with van der Waals surface area (Å²) in [6.07, 6.45) is 5.08. The van der Waals surface area contributed by atoms with Crippen LogP contribution >= 0.6 is 11.8 Å². The van der Waals surface area contributed by atoms with Gasteiger partial charge < -0.3 is 5.73 Å². The van der Waals surface area contributed by atoms with Gasteiger partial charge in [0.05, 0.1) is 16.3 Å². The van der Waals surface area contributed by atoms with Crippen molar-refractivity contribution in [2.45, 2.75) is 11.8 Å². The second-order valence-electron chi connectivity index (χ2n) is 3.80. The third-order valence-corrected chi connectivity index (χ3v) is 4.59. The summed E-state index contributed by atoms with van der Waals surface area (Å²) in [5.41, 5.74) is 5.44. The zero-order valence-electron chi connectivity index (χ0n) is 10.4. The van der Waals surface area contributed by atoms with Gasteiger partial charge in [-0.3, -0.25) is 0 Å². The van der Waals surface area contributed by atoms with Crippen molar-refractivity contribution in [3.63, 3.8) is 0 Å². The van der Waals surface area contributed by atoms with Gasteiger partial charge in [-0.05, 0) is 24.6 Å². The van der Waals surface area contributed by atoms with E-state index >= 15 is 0 Å². The summed E-state index contributed by atoms with van der Waals surface area (Å²) in [4.78, 5) is -0.0363. The van der Waals surface area contributed by atoms with Gasteiger partial charge in [-0.15, -0.1) is 18.2 Å². The molecule has 7 heteroatoms. The van der Waals surface area contributed by atoms with E-state index in [1.807, 2.05) is 0 Å². The van der Waals surface area contributed by atoms with E-state index in [0.29, 0.717) is 11.5 Å². The maximum atomic E-state index is 13.3. The van der Waals surface area contributed by atoms with Crippen molar-refractivity contribution in [1.29, 1.82) is 0 Å². The lowest BCUT2D eigenvalue weighted by atomic mass is 10.2. The second kappa shape index (κ2) is 6.80. The number of aryl methyl sites for hydroxylation is 1. The predicted molar refractivity (Wildman–Crippen MR) is 76.9 cm³/mol. The summed E-state index contributed by atoms with van der Waals surface area (Å²) in [5.74, 6) is 2.95. The fourth-order valence-corrected chi connectivity index (χ4v) is 3.17. The van der Waals surface area contributed by atoms with Crippen molar-refractivity contribution in [2.75, 3.05) is 23.8 Å². The lowest BCUT2D eigenvalue weighted by Gasteiger charge is -2.09. The third kappa shape index (κ3) is 4.42. The van der Waals surface area contributed by atoms with Gasteiger partial charge in [0.25, 0.3) is 0 Å². The molecule has 0 spiro atoms. The molecule has 104 valence electrons. The van der Waals surface area contributed by atoms with Gasteiger partial charge in [-0.1, -0.05) is 5.92 Å². The Bertz CT molecular complexity index is 571. The molecule has 0 aliphatic carbocycles. The van der Waals surface area contributed by atoms with Gasteiger partial charge in [-0.25, -0.2) is 17.5 Å². The average Bonchev–Trinajstić information content (AvgIpc) is 2.35. The fraction of sp³-hybridized carbons (Fsp3) is 0.333. The zero-order chi connectivity index (χ0) is 14.5. The van der Waals surface area contributed by atoms with E-state index in [2.05, 4.69) is 10.6 Å². The highest BCUT2D eigenvalue weighted by Crippen LogP contribution is 2.20. The van der Waals surface area contributed by atoms with Crippen molar-refractivity contribution in [2.24, 2.45) is 0 Å². The predicted octanol–water partition coefficient (Wildman–Crippen LogP) is 1.36. The summed E-state index contributed by atoms with van der Waals surface area (Å²) >= 11 is 1.45. The molecule has 0 saturated heterocycles. The number of nitrogen functional groups attached to an aromatic ring is 1. The van der Waals surface area contributed by atoms with Crippen LogP contribution in [0.5, 0.6) is 0 Å². The van der Waals surface area contributed by atoms with Crippen LogP contribution in [0.4, 0.5) is 10.1 Å². The van der Waals surface area contributed by atoms with E-state index in [-0.39, 0.29) is 22.7 Å². The van der Waals surface area contributed by atoms with Crippen LogP contribution in [-0.4, -0.2) is 26.5 Å². The Balaban J connectivity index is 2.76. The molecule has 4 nitrogen and oxygen atoms in total. The molecule has 0 aromatic heterocycles. The van der Waals surface area contributed by atoms with Crippen LogP contribution in [0.25, 0.3) is 0 Å². The SMILES string of the molecule is C#CCSCCNS(=O)(=O)c1cc(C)c(F)c(N)c1. The first-order valence-corrected chi connectivity index (χ1v) is 8.08. The minimum Gasteiger partial charge on any atom is -0.396 e. The molecule has 19 heavy (non-hydrogen) atoms. The quantitative estimate of drug-likeness (QED) is 0.473. The summed E-state index contributed by atoms with van der Waals surface area (Å²) in [7, 11) is -3.67. The summed E-state index contributed by atoms with van der Waals surface area (Å²) < 4.78 is 39.6. The minimum absolute atomic E-state index is 0.0363. The normalized spacial score (nSPS) is 11.2. The molecule has 0 saturated carbocycles. The molecule has 0 heterocycles. The summed E-state index contributed by atoms with van der Waals surface area (Å²) in [5, 5.41) is 0. The van der Waals surface area contributed by atoms with Gasteiger partial charge >= 0.3 is 0 Å². The molecule has 1 aromatic carbocycles. The Hall–Kier alpha value is -1.23. The molecule has 0 aliphatic rings. The number of hydrogen-bond donors (Lipinski definition) is 2. The second-order valence-corrected chi connectivity index (χ2v) is 6.67. The van der Waals surface area contributed by atoms with Crippen LogP contribution < -0.4 is 10.5 Å². The van der Waals surface area contributed by atoms with Crippen molar-refractivity contribution in [3.8, 4) is 12.3 Å². The average molecular weight is 302 g/mol. The van der Waals surface area contributed by atoms with Gasteiger partial charge in [0.1, 0.15) is 5.82 Å². The number of nitrogens with one attached hydrogen (secondary N) is 1. The number of thioether (sulfide) groups is 1. The van der Waals surface area contributed by atoms with E-state index in [0.717, 1.165) is 6.07 Å². The highest BCUT2D eigenvalue weighted by molar-refractivity contribution is 7.99. The number of rotatable bonds is 6. The van der Waals surface area contributed by atoms with Crippen LogP contribution in [0.1, 0.15) is 5.56 Å². The lowest BCUT2D eigenvalue weighted by molar-refractivity contribution is 0.583. The fourth-order valence-electron chi connectivity index (χ4n) is 1.38. The first-order chi connectivity index (χ1) is 8.88. The Morgan fingerprint density at radius 2 is 2.21 bits per heavy atom. The van der Waals surface area contributed by atoms with Gasteiger partial charge in [0, 0.05) is 12.3 Å². The molecule has 0 aliphatic heterocycles. The van der Waals surface area contributed by atoms with Gasteiger partial charge in [0.15, 0.2) is 0 Å². The number of hydrogen-bond acceptors (Lipinski definition) is 4. The standard InChI is InChI=1S/C12H15FN2O2S2/c1-3-5-18-6-4-15-19(16,17)10-7-9(2)12(13)11(14)8-10/h1,7-8,15H,4-6,14H2,2H3. The number of halogens is 1. The van der Waals surface area contributed by atoms with E-state index < -0.39 is 15.8 Å². The van der Waals surface area contributed by atoms with E-state index in [1.165, 1.54) is 24.8 Å². The van der Waals surface area contributed by atoms with Crippen molar-refractivity contribution in [1.82, 2.24) is 4.72 Å². The number of terminal acetylenes is 1. The van der Waals surface area contributed by atoms with Gasteiger partial charge in [0.2, 0.25) is 10.0 Å². The van der Waals surface area contributed by atoms with Crippen molar-refractivity contribution >= 4 is 27.5 Å². The topological polar surface area (TPSA) is 72.2 Å². The number of benzene rings is 1. The van der Waals surface area contributed by atoms with Crippen LogP contribution in [0.2, 0.25) is 0 Å². The van der Waals surface area contributed by atoms with E-state index in [9.17, 15) is 12.8 Å². The number of anilines is 1.